The number of carboxylic acids is 1. The summed E-state index contributed by atoms with van der Waals surface area (Å²) in [5.74, 6) is -4.03. The lowest BCUT2D eigenvalue weighted by Gasteiger charge is -2.19. The Morgan fingerprint density at radius 3 is 2.42 bits per heavy atom. The first kappa shape index (κ1) is 24.7. The molecule has 0 radical (unpaired) electrons. The molecule has 0 aliphatic rings. The highest BCUT2D eigenvalue weighted by Gasteiger charge is 2.34. The highest BCUT2D eigenvalue weighted by molar-refractivity contribution is 7.99. The third kappa shape index (κ3) is 6.55. The first-order chi connectivity index (χ1) is 15.8. The fourth-order valence-electron chi connectivity index (χ4n) is 3.16. The smallest absolute Gasteiger partial charge is 0.341 e. The van der Waals surface area contributed by atoms with E-state index >= 15 is 0 Å². The largest absolute Gasteiger partial charge is 0.480 e. The van der Waals surface area contributed by atoms with Crippen molar-refractivity contribution in [2.24, 2.45) is 0 Å². The molecular formula is C25H20ClF3O3S. The zero-order valence-electron chi connectivity index (χ0n) is 17.3. The summed E-state index contributed by atoms with van der Waals surface area (Å²) in [5, 5.41) is 8.98. The molecule has 0 saturated heterocycles. The Kier molecular flexibility index (Phi) is 8.47. The van der Waals surface area contributed by atoms with E-state index in [0.29, 0.717) is 11.3 Å². The molecule has 0 fully saturated rings. The number of alkyl halides is 3. The van der Waals surface area contributed by atoms with Gasteiger partial charge in [-0.15, -0.1) is 11.8 Å². The van der Waals surface area contributed by atoms with Gasteiger partial charge in [0.2, 0.25) is 0 Å². The lowest BCUT2D eigenvalue weighted by molar-refractivity contribution is -0.139. The SMILES string of the molecule is O=C(O)COc1ccc(SC/C=C(/c2ccccc2)c2ccccc2C(F)(F)CF)cc1Cl. The number of halogens is 4. The molecule has 8 heteroatoms. The van der Waals surface area contributed by atoms with Crippen molar-refractivity contribution >= 4 is 34.9 Å². The lowest BCUT2D eigenvalue weighted by Crippen LogP contribution is -2.18. The highest BCUT2D eigenvalue weighted by Crippen LogP contribution is 2.37. The fraction of sp³-hybridized carbons (Fsp3) is 0.160. The molecular weight excluding hydrogens is 473 g/mol. The predicted octanol–water partition coefficient (Wildman–Crippen LogP) is 7.09. The summed E-state index contributed by atoms with van der Waals surface area (Å²) in [6.45, 7) is -2.28. The molecule has 0 aliphatic heterocycles. The summed E-state index contributed by atoms with van der Waals surface area (Å²) in [6, 6.07) is 19.9. The number of benzene rings is 3. The topological polar surface area (TPSA) is 46.5 Å². The third-order valence-corrected chi connectivity index (χ3v) is 5.87. The van der Waals surface area contributed by atoms with Crippen LogP contribution in [0.5, 0.6) is 5.75 Å². The molecule has 3 aromatic carbocycles. The van der Waals surface area contributed by atoms with Crippen LogP contribution < -0.4 is 4.74 Å². The maximum atomic E-state index is 14.3. The van der Waals surface area contributed by atoms with Crippen molar-refractivity contribution in [3.63, 3.8) is 0 Å². The molecule has 3 aromatic rings. The van der Waals surface area contributed by atoms with Crippen LogP contribution in [0.25, 0.3) is 5.57 Å². The van der Waals surface area contributed by atoms with Gasteiger partial charge in [0.1, 0.15) is 5.75 Å². The third-order valence-electron chi connectivity index (χ3n) is 4.66. The van der Waals surface area contributed by atoms with Crippen molar-refractivity contribution < 1.29 is 27.8 Å². The zero-order valence-corrected chi connectivity index (χ0v) is 18.9. The monoisotopic (exact) mass is 492 g/mol. The van der Waals surface area contributed by atoms with Crippen molar-refractivity contribution in [3.05, 3.63) is 101 Å². The van der Waals surface area contributed by atoms with Gasteiger partial charge in [-0.25, -0.2) is 9.18 Å². The van der Waals surface area contributed by atoms with Crippen LogP contribution in [0.4, 0.5) is 13.2 Å². The number of hydrogen-bond acceptors (Lipinski definition) is 3. The molecule has 0 amide bonds. The predicted molar refractivity (Wildman–Crippen MR) is 125 cm³/mol. The van der Waals surface area contributed by atoms with Gasteiger partial charge in [-0.05, 0) is 34.9 Å². The van der Waals surface area contributed by atoms with E-state index < -0.39 is 25.2 Å². The number of rotatable bonds is 10. The Hall–Kier alpha value is -2.90. The Balaban J connectivity index is 1.88. The number of carbonyl (C=O) groups is 1. The average Bonchev–Trinajstić information content (AvgIpc) is 2.82. The second kappa shape index (κ2) is 11.3. The van der Waals surface area contributed by atoms with E-state index in [1.54, 1.807) is 30.3 Å². The van der Waals surface area contributed by atoms with E-state index in [2.05, 4.69) is 0 Å². The molecule has 1 N–H and O–H groups in total. The maximum Gasteiger partial charge on any atom is 0.341 e. The number of thioether (sulfide) groups is 1. The summed E-state index contributed by atoms with van der Waals surface area (Å²) in [4.78, 5) is 11.4. The average molecular weight is 493 g/mol. The van der Waals surface area contributed by atoms with Gasteiger partial charge in [0.05, 0.1) is 5.02 Å². The molecule has 0 bridgehead atoms. The molecule has 0 atom stereocenters. The number of hydrogen-bond donors (Lipinski definition) is 1. The van der Waals surface area contributed by atoms with Crippen LogP contribution in [-0.4, -0.2) is 30.1 Å². The van der Waals surface area contributed by atoms with Gasteiger partial charge in [-0.2, -0.15) is 8.78 Å². The van der Waals surface area contributed by atoms with Gasteiger partial charge in [-0.1, -0.05) is 72.3 Å². The molecule has 3 rings (SSSR count). The number of aliphatic carboxylic acids is 1. The van der Waals surface area contributed by atoms with E-state index in [1.165, 1.54) is 23.9 Å². The van der Waals surface area contributed by atoms with E-state index in [4.69, 9.17) is 21.4 Å². The molecule has 0 saturated carbocycles. The van der Waals surface area contributed by atoms with E-state index in [9.17, 15) is 18.0 Å². The second-order valence-corrected chi connectivity index (χ2v) is 8.45. The van der Waals surface area contributed by atoms with Crippen molar-refractivity contribution in [3.8, 4) is 5.75 Å². The van der Waals surface area contributed by atoms with Gasteiger partial charge in [0, 0.05) is 16.2 Å². The Labute approximate surface area is 198 Å². The summed E-state index contributed by atoms with van der Waals surface area (Å²) < 4.78 is 46.9. The van der Waals surface area contributed by atoms with Gasteiger partial charge in [-0.3, -0.25) is 0 Å². The second-order valence-electron chi connectivity index (χ2n) is 6.95. The van der Waals surface area contributed by atoms with Crippen molar-refractivity contribution in [1.82, 2.24) is 0 Å². The van der Waals surface area contributed by atoms with Crippen LogP contribution in [0.2, 0.25) is 5.02 Å². The van der Waals surface area contributed by atoms with Crippen molar-refractivity contribution in [2.75, 3.05) is 19.0 Å². The first-order valence-electron chi connectivity index (χ1n) is 9.88. The van der Waals surface area contributed by atoms with Gasteiger partial charge in [0.15, 0.2) is 13.3 Å². The summed E-state index contributed by atoms with van der Waals surface area (Å²) in [6.07, 6.45) is 1.82. The molecule has 0 spiro atoms. The minimum Gasteiger partial charge on any atom is -0.480 e. The molecule has 172 valence electrons. The summed E-state index contributed by atoms with van der Waals surface area (Å²) in [5.41, 5.74) is 1.20. The maximum absolute atomic E-state index is 14.3. The summed E-state index contributed by atoms with van der Waals surface area (Å²) >= 11 is 7.58. The summed E-state index contributed by atoms with van der Waals surface area (Å²) in [7, 11) is 0. The van der Waals surface area contributed by atoms with Gasteiger partial charge >= 0.3 is 11.9 Å². The molecule has 0 unspecified atom stereocenters. The molecule has 0 aliphatic carbocycles. The minimum atomic E-state index is -3.60. The van der Waals surface area contributed by atoms with Crippen LogP contribution >= 0.6 is 23.4 Å². The molecule has 3 nitrogen and oxygen atoms in total. The fourth-order valence-corrected chi connectivity index (χ4v) is 4.27. The van der Waals surface area contributed by atoms with Crippen LogP contribution in [-0.2, 0) is 10.7 Å². The van der Waals surface area contributed by atoms with E-state index in [0.717, 1.165) is 10.5 Å². The van der Waals surface area contributed by atoms with Crippen LogP contribution in [0.1, 0.15) is 16.7 Å². The standard InChI is InChI=1S/C25H20ClF3O3S/c26-22-14-18(10-11-23(22)32-15-24(30)31)33-13-12-19(17-6-2-1-3-7-17)20-8-4-5-9-21(20)25(28,29)16-27/h1-12,14H,13,15-16H2,(H,30,31)/b19-12-. The van der Waals surface area contributed by atoms with Crippen LogP contribution in [0.15, 0.2) is 83.8 Å². The normalized spacial score (nSPS) is 11.9. The first-order valence-corrected chi connectivity index (χ1v) is 11.2. The Bertz CT molecular complexity index is 1140. The van der Waals surface area contributed by atoms with Crippen LogP contribution in [0.3, 0.4) is 0 Å². The van der Waals surface area contributed by atoms with Gasteiger partial charge in [0.25, 0.3) is 0 Å². The van der Waals surface area contributed by atoms with E-state index in [-0.39, 0.29) is 21.9 Å². The Morgan fingerprint density at radius 2 is 1.76 bits per heavy atom. The van der Waals surface area contributed by atoms with Crippen molar-refractivity contribution in [1.29, 1.82) is 0 Å². The number of ether oxygens (including phenoxy) is 1. The van der Waals surface area contributed by atoms with Crippen molar-refractivity contribution in [2.45, 2.75) is 10.8 Å². The minimum absolute atomic E-state index is 0.256. The highest BCUT2D eigenvalue weighted by atomic mass is 35.5. The Morgan fingerprint density at radius 1 is 1.06 bits per heavy atom. The van der Waals surface area contributed by atoms with E-state index in [1.807, 2.05) is 36.4 Å². The molecule has 0 heterocycles. The zero-order chi connectivity index (χ0) is 23.8. The molecule has 0 aromatic heterocycles. The lowest BCUT2D eigenvalue weighted by atomic mass is 9.91. The van der Waals surface area contributed by atoms with Crippen LogP contribution in [0, 0.1) is 0 Å². The molecule has 33 heavy (non-hydrogen) atoms. The quantitative estimate of drug-likeness (QED) is 0.307. The van der Waals surface area contributed by atoms with Gasteiger partial charge < -0.3 is 9.84 Å². The number of carboxylic acid groups (broad SMARTS) is 1.